The molecule has 0 unspecified atom stereocenters. The average Bonchev–Trinajstić information content (AvgIpc) is 3.15. The highest BCUT2D eigenvalue weighted by Gasteiger charge is 2.28. The Morgan fingerprint density at radius 1 is 1.10 bits per heavy atom. The smallest absolute Gasteiger partial charge is 0.272 e. The number of carbonyl (C=O) groups excluding carboxylic acids is 1. The van der Waals surface area contributed by atoms with E-state index in [0.29, 0.717) is 11.7 Å². The second-order valence-corrected chi connectivity index (χ2v) is 7.56. The van der Waals surface area contributed by atoms with E-state index >= 15 is 0 Å². The number of hydrogen-bond donors (Lipinski definition) is 0. The molecule has 3 aromatic rings. The first-order valence-corrected chi connectivity index (χ1v) is 9.93. The Labute approximate surface area is 171 Å². The van der Waals surface area contributed by atoms with Crippen LogP contribution in [0.1, 0.15) is 29.0 Å². The maximum absolute atomic E-state index is 13.1. The van der Waals surface area contributed by atoms with Crippen molar-refractivity contribution in [1.29, 1.82) is 0 Å². The first-order chi connectivity index (χ1) is 14.0. The normalized spacial score (nSPS) is 14.8. The highest BCUT2D eigenvalue weighted by atomic mass is 16.2. The van der Waals surface area contributed by atoms with Gasteiger partial charge < -0.3 is 9.80 Å². The summed E-state index contributed by atoms with van der Waals surface area (Å²) >= 11 is 0. The number of amides is 1. The molecule has 7 nitrogen and oxygen atoms in total. The van der Waals surface area contributed by atoms with E-state index < -0.39 is 0 Å². The van der Waals surface area contributed by atoms with Crippen LogP contribution in [0.5, 0.6) is 0 Å². The monoisotopic (exact) mass is 390 g/mol. The van der Waals surface area contributed by atoms with Crippen LogP contribution >= 0.6 is 0 Å². The summed E-state index contributed by atoms with van der Waals surface area (Å²) in [5, 5.41) is 4.53. The molecule has 1 aliphatic heterocycles. The quantitative estimate of drug-likeness (QED) is 0.685. The zero-order chi connectivity index (χ0) is 20.4. The number of benzene rings is 1. The summed E-state index contributed by atoms with van der Waals surface area (Å²) in [6.07, 6.45) is 3.43. The number of piperidine rings is 1. The van der Waals surface area contributed by atoms with Crippen LogP contribution in [0.3, 0.4) is 0 Å². The number of carbonyl (C=O) groups is 1. The van der Waals surface area contributed by atoms with Crippen molar-refractivity contribution in [3.63, 3.8) is 0 Å². The second-order valence-electron chi connectivity index (χ2n) is 7.56. The van der Waals surface area contributed by atoms with Crippen LogP contribution < -0.4 is 4.90 Å². The van der Waals surface area contributed by atoms with Gasteiger partial charge in [0.1, 0.15) is 17.8 Å². The Hall–Kier alpha value is -3.22. The Balaban J connectivity index is 1.42. The van der Waals surface area contributed by atoms with Gasteiger partial charge in [-0.25, -0.2) is 9.97 Å². The molecule has 0 spiro atoms. The molecule has 150 valence electrons. The van der Waals surface area contributed by atoms with Crippen LogP contribution in [0.25, 0.3) is 11.3 Å². The average molecular weight is 390 g/mol. The molecule has 1 aliphatic rings. The molecule has 1 aromatic carbocycles. The summed E-state index contributed by atoms with van der Waals surface area (Å²) in [6, 6.07) is 14.2. The molecule has 0 radical (unpaired) electrons. The molecule has 3 heterocycles. The largest absolute Gasteiger partial charge is 0.356 e. The van der Waals surface area contributed by atoms with Crippen molar-refractivity contribution in [3.05, 3.63) is 60.2 Å². The van der Waals surface area contributed by atoms with Gasteiger partial charge in [-0.2, -0.15) is 5.10 Å². The minimum absolute atomic E-state index is 0.0427. The molecule has 0 atom stereocenters. The highest BCUT2D eigenvalue weighted by molar-refractivity contribution is 5.93. The van der Waals surface area contributed by atoms with Crippen LogP contribution in [-0.2, 0) is 7.05 Å². The van der Waals surface area contributed by atoms with Crippen molar-refractivity contribution in [1.82, 2.24) is 24.6 Å². The number of rotatable bonds is 4. The Kier molecular flexibility index (Phi) is 5.29. The summed E-state index contributed by atoms with van der Waals surface area (Å²) in [6.45, 7) is 3.42. The lowest BCUT2D eigenvalue weighted by molar-refractivity contribution is 0.0702. The lowest BCUT2D eigenvalue weighted by atomic mass is 10.0. The maximum atomic E-state index is 13.1. The molecule has 7 heteroatoms. The second kappa shape index (κ2) is 8.03. The van der Waals surface area contributed by atoms with Gasteiger partial charge >= 0.3 is 0 Å². The van der Waals surface area contributed by atoms with Gasteiger partial charge in [0.25, 0.3) is 5.91 Å². The van der Waals surface area contributed by atoms with Gasteiger partial charge in [0.15, 0.2) is 0 Å². The Morgan fingerprint density at radius 2 is 1.83 bits per heavy atom. The molecule has 4 rings (SSSR count). The van der Waals surface area contributed by atoms with E-state index in [1.807, 2.05) is 61.3 Å². The highest BCUT2D eigenvalue weighted by Crippen LogP contribution is 2.23. The molecular weight excluding hydrogens is 364 g/mol. The SMILES string of the molecule is Cc1cc(N(C)C2CCN(C(=O)c3cc(-c4ccccc4)nn3C)CC2)ncn1. The van der Waals surface area contributed by atoms with Gasteiger partial charge in [0, 0.05) is 50.6 Å². The van der Waals surface area contributed by atoms with E-state index in [0.717, 1.165) is 48.7 Å². The predicted molar refractivity (Wildman–Crippen MR) is 113 cm³/mol. The molecule has 1 fully saturated rings. The van der Waals surface area contributed by atoms with E-state index in [4.69, 9.17) is 0 Å². The summed E-state index contributed by atoms with van der Waals surface area (Å²) < 4.78 is 1.69. The molecule has 0 saturated carbocycles. The minimum Gasteiger partial charge on any atom is -0.356 e. The standard InChI is InChI=1S/C22H26N6O/c1-16-13-21(24-15-23-16)26(2)18-9-11-28(12-10-18)22(29)20-14-19(25-27(20)3)17-7-5-4-6-8-17/h4-8,13-15,18H,9-12H2,1-3H3. The van der Waals surface area contributed by atoms with E-state index in [2.05, 4.69) is 27.0 Å². The van der Waals surface area contributed by atoms with Crippen LogP contribution in [0, 0.1) is 6.92 Å². The van der Waals surface area contributed by atoms with E-state index in [9.17, 15) is 4.79 Å². The molecule has 2 aromatic heterocycles. The summed E-state index contributed by atoms with van der Waals surface area (Å²) in [4.78, 5) is 25.8. The van der Waals surface area contributed by atoms with Crippen molar-refractivity contribution in [3.8, 4) is 11.3 Å². The lowest BCUT2D eigenvalue weighted by Crippen LogP contribution is -2.46. The topological polar surface area (TPSA) is 67.2 Å². The fourth-order valence-corrected chi connectivity index (χ4v) is 3.86. The van der Waals surface area contributed by atoms with Gasteiger partial charge in [-0.05, 0) is 25.8 Å². The third-order valence-electron chi connectivity index (χ3n) is 5.62. The van der Waals surface area contributed by atoms with Crippen LogP contribution in [-0.4, -0.2) is 56.7 Å². The van der Waals surface area contributed by atoms with E-state index in [1.54, 1.807) is 11.0 Å². The van der Waals surface area contributed by atoms with Crippen LogP contribution in [0.2, 0.25) is 0 Å². The lowest BCUT2D eigenvalue weighted by Gasteiger charge is -2.37. The maximum Gasteiger partial charge on any atom is 0.272 e. The summed E-state index contributed by atoms with van der Waals surface area (Å²) in [7, 11) is 3.90. The number of likely N-dealkylation sites (tertiary alicyclic amines) is 1. The van der Waals surface area contributed by atoms with E-state index in [-0.39, 0.29) is 5.91 Å². The molecule has 0 N–H and O–H groups in total. The van der Waals surface area contributed by atoms with Gasteiger partial charge in [0.05, 0.1) is 5.69 Å². The third-order valence-corrected chi connectivity index (χ3v) is 5.62. The first kappa shape index (κ1) is 19.1. The summed E-state index contributed by atoms with van der Waals surface area (Å²) in [5.74, 6) is 0.975. The Morgan fingerprint density at radius 3 is 2.52 bits per heavy atom. The van der Waals surface area contributed by atoms with Crippen molar-refractivity contribution in [2.45, 2.75) is 25.8 Å². The number of aryl methyl sites for hydroxylation is 2. The zero-order valence-electron chi connectivity index (χ0n) is 17.1. The van der Waals surface area contributed by atoms with Gasteiger partial charge in [-0.1, -0.05) is 30.3 Å². The summed E-state index contributed by atoms with van der Waals surface area (Å²) in [5.41, 5.74) is 3.43. The predicted octanol–water partition coefficient (Wildman–Crippen LogP) is 2.93. The first-order valence-electron chi connectivity index (χ1n) is 9.93. The van der Waals surface area contributed by atoms with Gasteiger partial charge in [0.2, 0.25) is 0 Å². The number of nitrogens with zero attached hydrogens (tertiary/aromatic N) is 6. The molecule has 1 amide bonds. The zero-order valence-corrected chi connectivity index (χ0v) is 17.1. The fraction of sp³-hybridized carbons (Fsp3) is 0.364. The number of anilines is 1. The van der Waals surface area contributed by atoms with Crippen molar-refractivity contribution < 1.29 is 4.79 Å². The van der Waals surface area contributed by atoms with Gasteiger partial charge in [-0.3, -0.25) is 9.48 Å². The Bertz CT molecular complexity index is 992. The fourth-order valence-electron chi connectivity index (χ4n) is 3.86. The van der Waals surface area contributed by atoms with Gasteiger partial charge in [-0.15, -0.1) is 0 Å². The van der Waals surface area contributed by atoms with Crippen molar-refractivity contribution in [2.24, 2.45) is 7.05 Å². The molecule has 1 saturated heterocycles. The van der Waals surface area contributed by atoms with Crippen LogP contribution in [0.15, 0.2) is 48.8 Å². The third kappa shape index (κ3) is 3.99. The van der Waals surface area contributed by atoms with Crippen molar-refractivity contribution in [2.75, 3.05) is 25.0 Å². The number of hydrogen-bond acceptors (Lipinski definition) is 5. The molecule has 0 bridgehead atoms. The molecule has 29 heavy (non-hydrogen) atoms. The molecular formula is C22H26N6O. The number of aromatic nitrogens is 4. The van der Waals surface area contributed by atoms with Crippen molar-refractivity contribution >= 4 is 11.7 Å². The van der Waals surface area contributed by atoms with Crippen LogP contribution in [0.4, 0.5) is 5.82 Å². The minimum atomic E-state index is 0.0427. The van der Waals surface area contributed by atoms with E-state index in [1.165, 1.54) is 0 Å². The molecule has 0 aliphatic carbocycles.